The number of carboxylic acids is 1. The number of carbonyl (C=O) groups excluding carboxylic acids is 11. The second-order valence-electron chi connectivity index (χ2n) is 36.8. The number of hydrogen-bond acceptors (Lipinski definition) is 23. The van der Waals surface area contributed by atoms with Crippen molar-refractivity contribution in [3.63, 3.8) is 0 Å². The molecule has 12 rings (SSSR count). The number of aromatic hydroxyl groups is 1. The summed E-state index contributed by atoms with van der Waals surface area (Å²) in [5, 5.41) is 23.8. The van der Waals surface area contributed by atoms with Crippen LogP contribution in [0.25, 0.3) is 33.4 Å². The zero-order valence-electron chi connectivity index (χ0n) is 75.3. The van der Waals surface area contributed by atoms with Gasteiger partial charge in [-0.25, -0.2) is 14.8 Å². The summed E-state index contributed by atoms with van der Waals surface area (Å²) in [6, 6.07) is 3.02. The summed E-state index contributed by atoms with van der Waals surface area (Å²) < 4.78 is 30.2. The highest BCUT2D eigenvalue weighted by Gasteiger charge is 2.56. The van der Waals surface area contributed by atoms with Gasteiger partial charge in [-0.05, 0) is 97.2 Å². The number of fused-ring (bicyclic) bond motifs is 2. The van der Waals surface area contributed by atoms with Crippen molar-refractivity contribution < 1.29 is 91.1 Å². The lowest BCUT2D eigenvalue weighted by Crippen LogP contribution is -2.57. The smallest absolute Gasteiger partial charge is 0.336 e. The number of likely N-dealkylation sites (tertiary alicyclic amines) is 8. The standard InChI is InChI=1S/C55H70N12O13.C33H56N10O7.2CH4/c1-27(2)25-78-34-16-40(48(56)71)67(24-34)51(74)42-12-30(19-63-55(59)60)21-65(42)50(73)41-11-29(18-62-54(57)58)22-66(41)52(75)43-17-35(79-26-28(3)4)23-64(43)46(70)20-61-49(72)31-5-8-36(39(13-31)53(76)77)47-37-9-6-32(68)14-44(37)80-45-15-33(69)7-10-38(45)47;1-17(2)15-49-23-9-25(19(5)44)43(14-23)30(47)27-8-22(39-33(36)37)11-41(27)29(46)26-7-21(38-32(34)35)12-42(26)31(48)28-10-24(50-16-18(3)4)13-40(28)20(6)45;;/h5-10,13-15,27-30,34-35,40-43,68H,11-12,16-26H2,1-4H3,(H2,56,71)(H,61,72)(H,76,77)(H4,57,58,62)(H4,59,60,63);17-18,21-28H,7-16H2,1-6H3,(H4,34,35,38)(H4,36,37,39);2*1H4/t29-,30-,34+,35+,40-,41-,42-,43-;21-,22-,23-,24-,25+,26+,27+,28+;;/m01../s1. The van der Waals surface area contributed by atoms with Crippen LogP contribution in [0.3, 0.4) is 0 Å². The number of aromatic carboxylic acids is 1. The fraction of sp³-hybridized carbons (Fsp3) is 0.611. The van der Waals surface area contributed by atoms with Gasteiger partial charge in [-0.2, -0.15) is 0 Å². The van der Waals surface area contributed by atoms with Crippen LogP contribution in [0.4, 0.5) is 0 Å². The Hall–Kier alpha value is -12.3. The summed E-state index contributed by atoms with van der Waals surface area (Å²) in [6.07, 6.45) is -0.534. The van der Waals surface area contributed by atoms with Crippen molar-refractivity contribution in [1.82, 2.24) is 44.5 Å². The number of ketones is 1. The number of nitrogens with two attached hydrogens (primary N) is 9. The number of rotatable bonds is 31. The first-order chi connectivity index (χ1) is 61.4. The molecule has 16 atom stereocenters. The molecule has 9 heterocycles. The highest BCUT2D eigenvalue weighted by Crippen LogP contribution is 2.44. The van der Waals surface area contributed by atoms with Gasteiger partial charge < -0.3 is 130 Å². The first-order valence-electron chi connectivity index (χ1n) is 44.2. The minimum atomic E-state index is -1.39. The molecule has 42 nitrogen and oxygen atoms in total. The van der Waals surface area contributed by atoms with E-state index in [1.165, 1.54) is 95.5 Å². The van der Waals surface area contributed by atoms with E-state index in [1.54, 1.807) is 6.07 Å². The van der Waals surface area contributed by atoms with Crippen LogP contribution in [0.15, 0.2) is 83.8 Å². The summed E-state index contributed by atoms with van der Waals surface area (Å²) in [5.41, 5.74) is 51.9. The molecule has 2 aromatic carbocycles. The first-order valence-corrected chi connectivity index (χ1v) is 44.2. The van der Waals surface area contributed by atoms with Crippen LogP contribution in [0.1, 0.15) is 156 Å². The SMILES string of the molecule is C.C.CC(=O)[C@@H]1C[C@@H](OCC(C)C)CN1C(=O)[C@@H]1C[C@@H](N=C(N)N)CN1C(=O)[C@@H]1C[C@@H](N=C(N)N)CN1C(=O)[C@@H]1C[C@@H](OCC(C)C)CN1C(C)=O.CC(C)CO[C@@H]1C[C@@H](C(=O)N2C[C@H](CN=C(N)N)C[C@H]2C(=O)N2C[C@H](CN=C(N)N)C[C@H]2C(=O)N2C[C@H](OCC(C)C)C[C@H]2C(N)=O)N(C(=O)CNC(=O)c2ccc(-c3c4ccc(=O)cc-4oc4cc(O)ccc34)c(C(=O)O)c2)C1. The molecular weight excluding hydrogens is 1710 g/mol. The second kappa shape index (κ2) is 44.7. The Bertz CT molecular complexity index is 4940. The summed E-state index contributed by atoms with van der Waals surface area (Å²) >= 11 is 0. The average Bonchev–Trinajstić information content (AvgIpc) is 1.43. The van der Waals surface area contributed by atoms with Crippen LogP contribution in [-0.4, -0.2) is 327 Å². The third-order valence-corrected chi connectivity index (χ3v) is 24.6. The first kappa shape index (κ1) is 103. The summed E-state index contributed by atoms with van der Waals surface area (Å²) in [5.74, 6) is -7.91. The molecule has 10 aliphatic rings. The fourth-order valence-electron chi connectivity index (χ4n) is 18.7. The van der Waals surface area contributed by atoms with Gasteiger partial charge in [0.2, 0.25) is 53.2 Å². The topological polar surface area (TPSA) is 634 Å². The Morgan fingerprint density at radius 2 is 0.833 bits per heavy atom. The van der Waals surface area contributed by atoms with E-state index in [-0.39, 0.29) is 236 Å². The van der Waals surface area contributed by atoms with E-state index in [9.17, 15) is 63.0 Å². The van der Waals surface area contributed by atoms with E-state index < -0.39 is 150 Å². The molecule has 42 heteroatoms. The monoisotopic (exact) mass is 1840 g/mol. The number of aliphatic imine (C=N–C) groups is 4. The Balaban J connectivity index is 0.000000325. The minimum absolute atomic E-state index is 0. The van der Waals surface area contributed by atoms with E-state index in [1.807, 2.05) is 55.4 Å². The van der Waals surface area contributed by atoms with Crippen LogP contribution in [0.2, 0.25) is 0 Å². The lowest BCUT2D eigenvalue weighted by Gasteiger charge is -2.35. The third-order valence-electron chi connectivity index (χ3n) is 24.6. The van der Waals surface area contributed by atoms with Crippen LogP contribution in [-0.2, 0) is 66.9 Å². The number of primary amides is 1. The number of amides is 10. The molecule has 724 valence electrons. The number of phenols is 1. The number of Topliss-reactive ketones (excluding diaryl/α,β-unsaturated/α-hetero) is 1. The number of carboxylic acid groups (broad SMARTS) is 1. The number of phenolic OH excluding ortho intramolecular Hbond substituents is 1. The van der Waals surface area contributed by atoms with E-state index in [2.05, 4.69) is 25.3 Å². The van der Waals surface area contributed by atoms with Gasteiger partial charge in [-0.1, -0.05) is 76.3 Å². The summed E-state index contributed by atoms with van der Waals surface area (Å²) in [6.45, 7) is 20.4. The number of guanidine groups is 4. The number of ether oxygens (including phenoxy) is 4. The summed E-state index contributed by atoms with van der Waals surface area (Å²) in [7, 11) is 0. The average molecular weight is 1840 g/mol. The zero-order chi connectivity index (χ0) is 94.9. The van der Waals surface area contributed by atoms with E-state index in [4.69, 9.17) is 75.0 Å². The van der Waals surface area contributed by atoms with Gasteiger partial charge in [-0.15, -0.1) is 0 Å². The van der Waals surface area contributed by atoms with Crippen LogP contribution >= 0.6 is 0 Å². The van der Waals surface area contributed by atoms with Crippen molar-refractivity contribution in [2.24, 2.45) is 107 Å². The predicted molar refractivity (Wildman–Crippen MR) is 491 cm³/mol. The van der Waals surface area contributed by atoms with Crippen LogP contribution in [0, 0.1) is 35.5 Å². The Kier molecular flexibility index (Phi) is 35.1. The highest BCUT2D eigenvalue weighted by atomic mass is 16.5. The van der Waals surface area contributed by atoms with Crippen molar-refractivity contribution in [3.8, 4) is 28.2 Å². The number of hydrogen-bond donors (Lipinski definition) is 12. The number of benzene rings is 3. The zero-order valence-corrected chi connectivity index (χ0v) is 75.3. The molecule has 2 aromatic rings. The Morgan fingerprint density at radius 3 is 1.25 bits per heavy atom. The van der Waals surface area contributed by atoms with Crippen LogP contribution in [0.5, 0.6) is 5.75 Å². The van der Waals surface area contributed by atoms with E-state index >= 15 is 9.59 Å². The molecule has 0 spiro atoms. The lowest BCUT2D eigenvalue weighted by atomic mass is 9.90. The van der Waals surface area contributed by atoms with Crippen molar-refractivity contribution in [2.75, 3.05) is 98.4 Å². The highest BCUT2D eigenvalue weighted by molar-refractivity contribution is 6.10. The maximum atomic E-state index is 15.3. The fourth-order valence-corrected chi connectivity index (χ4v) is 18.7. The normalized spacial score (nSPS) is 25.0. The minimum Gasteiger partial charge on any atom is -0.508 e. The molecule has 0 saturated carbocycles. The number of nitrogens with zero attached hydrogens (tertiary/aromatic N) is 12. The molecule has 0 radical (unpaired) electrons. The van der Waals surface area contributed by atoms with E-state index in [0.717, 1.165) is 6.07 Å². The Morgan fingerprint density at radius 1 is 0.447 bits per heavy atom. The molecular formula is C90H134N22O20. The van der Waals surface area contributed by atoms with Crippen molar-refractivity contribution >= 4 is 106 Å². The molecule has 132 heavy (non-hydrogen) atoms. The maximum absolute atomic E-state index is 15.3. The van der Waals surface area contributed by atoms with Gasteiger partial charge in [0.25, 0.3) is 5.91 Å². The van der Waals surface area contributed by atoms with Gasteiger partial charge in [0, 0.05) is 172 Å². The molecule has 1 aliphatic carbocycles. The molecule has 8 fully saturated rings. The van der Waals surface area contributed by atoms with Crippen LogP contribution < -0.4 is 62.3 Å². The van der Waals surface area contributed by atoms with Crippen molar-refractivity contribution in [1.29, 1.82) is 0 Å². The number of nitrogens with one attached hydrogen (secondary N) is 1. The molecule has 0 aromatic heterocycles. The molecule has 21 N–H and O–H groups in total. The van der Waals surface area contributed by atoms with Gasteiger partial charge in [0.15, 0.2) is 35.1 Å². The lowest BCUT2D eigenvalue weighted by molar-refractivity contribution is -0.152. The molecule has 10 amide bonds. The van der Waals surface area contributed by atoms with Crippen molar-refractivity contribution in [3.05, 3.63) is 75.9 Å². The van der Waals surface area contributed by atoms with Crippen molar-refractivity contribution in [2.45, 2.75) is 220 Å². The third kappa shape index (κ3) is 24.9. The van der Waals surface area contributed by atoms with Gasteiger partial charge >= 0.3 is 5.97 Å². The molecule has 8 saturated heterocycles. The maximum Gasteiger partial charge on any atom is 0.336 e. The predicted octanol–water partition coefficient (Wildman–Crippen LogP) is 0.0864. The summed E-state index contributed by atoms with van der Waals surface area (Å²) in [4.78, 5) is 209. The molecule has 0 unspecified atom stereocenters. The largest absolute Gasteiger partial charge is 0.508 e. The van der Waals surface area contributed by atoms with E-state index in [0.29, 0.717) is 49.4 Å². The quantitative estimate of drug-likeness (QED) is 0.0180. The Labute approximate surface area is 767 Å². The second-order valence-corrected chi connectivity index (χ2v) is 36.8. The molecule has 9 aliphatic heterocycles. The molecule has 0 bridgehead atoms. The van der Waals surface area contributed by atoms with Gasteiger partial charge in [-0.3, -0.25) is 67.5 Å². The van der Waals surface area contributed by atoms with Gasteiger partial charge in [0.05, 0.1) is 54.6 Å². The van der Waals surface area contributed by atoms with Gasteiger partial charge in [0.1, 0.15) is 59.4 Å². The number of carbonyl (C=O) groups is 12.